The van der Waals surface area contributed by atoms with Crippen LogP contribution in [0.4, 0.5) is 5.69 Å². The molecule has 0 aliphatic rings. The van der Waals surface area contributed by atoms with Crippen LogP contribution in [0.15, 0.2) is 72.8 Å². The van der Waals surface area contributed by atoms with E-state index in [1.807, 2.05) is 75.4 Å². The van der Waals surface area contributed by atoms with Crippen molar-refractivity contribution in [3.05, 3.63) is 95.3 Å². The summed E-state index contributed by atoms with van der Waals surface area (Å²) in [5.41, 5.74) is 3.20. The van der Waals surface area contributed by atoms with Gasteiger partial charge in [0.25, 0.3) is 11.8 Å². The van der Waals surface area contributed by atoms with Gasteiger partial charge in [-0.2, -0.15) is 0 Å². The first-order valence-electron chi connectivity index (χ1n) is 9.64. The molecule has 5 nitrogen and oxygen atoms in total. The summed E-state index contributed by atoms with van der Waals surface area (Å²) >= 11 is 0. The lowest BCUT2D eigenvalue weighted by atomic mass is 10.1. The third kappa shape index (κ3) is 5.08. The van der Waals surface area contributed by atoms with Crippen molar-refractivity contribution in [3.63, 3.8) is 0 Å². The third-order valence-corrected chi connectivity index (χ3v) is 4.67. The van der Waals surface area contributed by atoms with E-state index in [1.165, 1.54) is 0 Å². The Labute approximate surface area is 171 Å². The molecule has 1 heterocycles. The first kappa shape index (κ1) is 20.3. The van der Waals surface area contributed by atoms with E-state index in [0.29, 0.717) is 6.54 Å². The molecule has 148 valence electrons. The maximum atomic E-state index is 13.1. The Balaban J connectivity index is 1.80. The fraction of sp³-hybridized carbons (Fsp3) is 0.208. The van der Waals surface area contributed by atoms with E-state index in [0.717, 1.165) is 16.8 Å². The molecule has 5 heteroatoms. The SMILES string of the molecule is Cc1ccccc1NC(=O)c1cccc(C(=O)N(Cc2ccccc2)C(C)C)n1. The second kappa shape index (κ2) is 9.15. The van der Waals surface area contributed by atoms with E-state index in [9.17, 15) is 9.59 Å². The molecule has 0 atom stereocenters. The Morgan fingerprint density at radius 2 is 1.55 bits per heavy atom. The summed E-state index contributed by atoms with van der Waals surface area (Å²) in [6.45, 7) is 6.34. The van der Waals surface area contributed by atoms with Crippen LogP contribution in [0.25, 0.3) is 0 Å². The number of hydrogen-bond donors (Lipinski definition) is 1. The van der Waals surface area contributed by atoms with Gasteiger partial charge < -0.3 is 10.2 Å². The summed E-state index contributed by atoms with van der Waals surface area (Å²) in [6.07, 6.45) is 0. The van der Waals surface area contributed by atoms with Gasteiger partial charge in [0, 0.05) is 18.3 Å². The number of carbonyl (C=O) groups excluding carboxylic acids is 2. The number of rotatable bonds is 6. The Kier molecular flexibility index (Phi) is 6.39. The predicted octanol–water partition coefficient (Wildman–Crippen LogP) is 4.69. The quantitative estimate of drug-likeness (QED) is 0.667. The zero-order valence-electron chi connectivity index (χ0n) is 16.9. The summed E-state index contributed by atoms with van der Waals surface area (Å²) in [5.74, 6) is -0.539. The summed E-state index contributed by atoms with van der Waals surface area (Å²) in [6, 6.07) is 22.3. The standard InChI is InChI=1S/C24H25N3O2/c1-17(2)27(16-19-11-5-4-6-12-19)24(29)22-15-9-14-21(25-22)23(28)26-20-13-8-7-10-18(20)3/h4-15,17H,16H2,1-3H3,(H,26,28). The number of amides is 2. The molecule has 3 rings (SSSR count). The van der Waals surface area contributed by atoms with E-state index in [1.54, 1.807) is 23.1 Å². The minimum atomic E-state index is -0.340. The molecule has 0 aliphatic carbocycles. The Morgan fingerprint density at radius 1 is 0.897 bits per heavy atom. The van der Waals surface area contributed by atoms with E-state index in [2.05, 4.69) is 10.3 Å². The smallest absolute Gasteiger partial charge is 0.274 e. The minimum absolute atomic E-state index is 0.00560. The third-order valence-electron chi connectivity index (χ3n) is 4.67. The van der Waals surface area contributed by atoms with Gasteiger partial charge in [0.05, 0.1) is 0 Å². The van der Waals surface area contributed by atoms with Crippen molar-refractivity contribution < 1.29 is 9.59 Å². The summed E-state index contributed by atoms with van der Waals surface area (Å²) < 4.78 is 0. The van der Waals surface area contributed by atoms with E-state index < -0.39 is 0 Å². The van der Waals surface area contributed by atoms with Crippen molar-refractivity contribution in [2.45, 2.75) is 33.4 Å². The van der Waals surface area contributed by atoms with Gasteiger partial charge in [0.1, 0.15) is 11.4 Å². The molecule has 29 heavy (non-hydrogen) atoms. The Morgan fingerprint density at radius 3 is 2.24 bits per heavy atom. The molecule has 0 saturated heterocycles. The lowest BCUT2D eigenvalue weighted by Gasteiger charge is -2.26. The van der Waals surface area contributed by atoms with Gasteiger partial charge >= 0.3 is 0 Å². The zero-order chi connectivity index (χ0) is 20.8. The molecule has 0 aliphatic heterocycles. The van der Waals surface area contributed by atoms with Crippen LogP contribution in [-0.2, 0) is 6.54 Å². The van der Waals surface area contributed by atoms with Crippen LogP contribution in [0.1, 0.15) is 46.0 Å². The molecule has 0 unspecified atom stereocenters. The van der Waals surface area contributed by atoms with Crippen molar-refractivity contribution in [2.75, 3.05) is 5.32 Å². The summed E-state index contributed by atoms with van der Waals surface area (Å²) in [7, 11) is 0. The van der Waals surface area contributed by atoms with Crippen LogP contribution in [-0.4, -0.2) is 27.7 Å². The molecule has 0 radical (unpaired) electrons. The molecule has 0 bridgehead atoms. The number of nitrogens with one attached hydrogen (secondary N) is 1. The lowest BCUT2D eigenvalue weighted by Crippen LogP contribution is -2.37. The normalized spacial score (nSPS) is 10.6. The second-order valence-corrected chi connectivity index (χ2v) is 7.19. The average molecular weight is 387 g/mol. The van der Waals surface area contributed by atoms with E-state index >= 15 is 0 Å². The molecule has 2 aromatic carbocycles. The van der Waals surface area contributed by atoms with Crippen molar-refractivity contribution in [1.29, 1.82) is 0 Å². The van der Waals surface area contributed by atoms with Crippen molar-refractivity contribution in [3.8, 4) is 0 Å². The van der Waals surface area contributed by atoms with Gasteiger partial charge in [0.15, 0.2) is 0 Å². The summed E-state index contributed by atoms with van der Waals surface area (Å²) in [5, 5.41) is 2.86. The second-order valence-electron chi connectivity index (χ2n) is 7.19. The van der Waals surface area contributed by atoms with Crippen molar-refractivity contribution in [1.82, 2.24) is 9.88 Å². The molecule has 0 spiro atoms. The van der Waals surface area contributed by atoms with Crippen molar-refractivity contribution >= 4 is 17.5 Å². The van der Waals surface area contributed by atoms with Crippen LogP contribution in [0.3, 0.4) is 0 Å². The van der Waals surface area contributed by atoms with Crippen molar-refractivity contribution in [2.24, 2.45) is 0 Å². The van der Waals surface area contributed by atoms with Gasteiger partial charge in [-0.1, -0.05) is 54.6 Å². The summed E-state index contributed by atoms with van der Waals surface area (Å²) in [4.78, 5) is 31.8. The predicted molar refractivity (Wildman–Crippen MR) is 115 cm³/mol. The van der Waals surface area contributed by atoms with Gasteiger partial charge in [-0.15, -0.1) is 0 Å². The number of para-hydroxylation sites is 1. The highest BCUT2D eigenvalue weighted by molar-refractivity contribution is 6.04. The maximum Gasteiger partial charge on any atom is 0.274 e. The average Bonchev–Trinajstić information content (AvgIpc) is 2.74. The topological polar surface area (TPSA) is 62.3 Å². The first-order valence-corrected chi connectivity index (χ1v) is 9.64. The van der Waals surface area contributed by atoms with E-state index in [4.69, 9.17) is 0 Å². The molecule has 2 amide bonds. The Bertz CT molecular complexity index is 1000. The number of aromatic nitrogens is 1. The fourth-order valence-corrected chi connectivity index (χ4v) is 3.00. The van der Waals surface area contributed by atoms with Gasteiger partial charge in [0.2, 0.25) is 0 Å². The maximum absolute atomic E-state index is 13.1. The highest BCUT2D eigenvalue weighted by atomic mass is 16.2. The number of hydrogen-bond acceptors (Lipinski definition) is 3. The van der Waals surface area contributed by atoms with Gasteiger partial charge in [-0.3, -0.25) is 9.59 Å². The van der Waals surface area contributed by atoms with Crippen LogP contribution in [0.5, 0.6) is 0 Å². The minimum Gasteiger partial charge on any atom is -0.331 e. The highest BCUT2D eigenvalue weighted by Crippen LogP contribution is 2.16. The number of anilines is 1. The molecular weight excluding hydrogens is 362 g/mol. The molecule has 0 fully saturated rings. The van der Waals surface area contributed by atoms with E-state index in [-0.39, 0.29) is 29.2 Å². The number of carbonyl (C=O) groups is 2. The van der Waals surface area contributed by atoms with Crippen LogP contribution in [0, 0.1) is 6.92 Å². The number of pyridine rings is 1. The Hall–Kier alpha value is -3.47. The van der Waals surface area contributed by atoms with Gasteiger partial charge in [-0.05, 0) is 50.1 Å². The fourth-order valence-electron chi connectivity index (χ4n) is 3.00. The number of nitrogens with zero attached hydrogens (tertiary/aromatic N) is 2. The van der Waals surface area contributed by atoms with Crippen LogP contribution < -0.4 is 5.32 Å². The zero-order valence-corrected chi connectivity index (χ0v) is 16.9. The molecule has 1 N–H and O–H groups in total. The first-order chi connectivity index (χ1) is 14.0. The molecule has 3 aromatic rings. The van der Waals surface area contributed by atoms with Gasteiger partial charge in [-0.25, -0.2) is 4.98 Å². The number of aryl methyl sites for hydroxylation is 1. The largest absolute Gasteiger partial charge is 0.331 e. The monoisotopic (exact) mass is 387 g/mol. The van der Waals surface area contributed by atoms with Crippen LogP contribution >= 0.6 is 0 Å². The van der Waals surface area contributed by atoms with Crippen LogP contribution in [0.2, 0.25) is 0 Å². The molecular formula is C24H25N3O2. The highest BCUT2D eigenvalue weighted by Gasteiger charge is 2.21. The lowest BCUT2D eigenvalue weighted by molar-refractivity contribution is 0.0684. The number of benzene rings is 2. The molecule has 0 saturated carbocycles. The molecule has 1 aromatic heterocycles.